The van der Waals surface area contributed by atoms with E-state index in [0.29, 0.717) is 0 Å². The summed E-state index contributed by atoms with van der Waals surface area (Å²) in [6.45, 7) is 5.59. The SMILES string of the molecule is C=C\C=C/C=C\C=C/C.COC(=S)NCCOP(=O)(O)O. The zero-order valence-corrected chi connectivity index (χ0v) is 13.8. The number of phosphoric ester groups is 1. The molecule has 0 aliphatic heterocycles. The molecule has 6 nitrogen and oxygen atoms in total. The number of ether oxygens (including phenoxy) is 1. The molecular weight excluding hydrogens is 313 g/mol. The lowest BCUT2D eigenvalue weighted by atomic mass is 10.4. The number of hydrogen-bond acceptors (Lipinski definition) is 4. The third-order valence-electron chi connectivity index (χ3n) is 1.59. The molecule has 0 unspecified atom stereocenters. The van der Waals surface area contributed by atoms with Gasteiger partial charge in [-0.2, -0.15) is 0 Å². The number of rotatable bonds is 7. The van der Waals surface area contributed by atoms with Crippen molar-refractivity contribution in [2.45, 2.75) is 6.92 Å². The quantitative estimate of drug-likeness (QED) is 0.285. The zero-order chi connectivity index (χ0) is 16.6. The van der Waals surface area contributed by atoms with Crippen LogP contribution in [0.25, 0.3) is 0 Å². The molecule has 3 N–H and O–H groups in total. The number of allylic oxidation sites excluding steroid dienone is 7. The predicted octanol–water partition coefficient (Wildman–Crippen LogP) is 2.48. The summed E-state index contributed by atoms with van der Waals surface area (Å²) in [4.78, 5) is 16.5. The van der Waals surface area contributed by atoms with Crippen LogP contribution in [0.5, 0.6) is 0 Å². The molecule has 0 saturated carbocycles. The number of methoxy groups -OCH3 is 1. The standard InChI is InChI=1S/C9H12.C4H10NO5PS/c1-3-5-7-9-8-6-4-2;1-9-4(12)5-2-3-10-11(6,7)8/h3-9H,1H2,2H3;2-3H2,1H3,(H,5,12)(H2,6,7,8)/b6-4-,7-5-,9-8-;. The average molecular weight is 335 g/mol. The summed E-state index contributed by atoms with van der Waals surface area (Å²) in [7, 11) is -2.97. The molecule has 0 atom stereocenters. The number of hydrogen-bond donors (Lipinski definition) is 3. The molecule has 0 saturated heterocycles. The van der Waals surface area contributed by atoms with E-state index in [4.69, 9.17) is 9.79 Å². The van der Waals surface area contributed by atoms with Crippen molar-refractivity contribution in [3.63, 3.8) is 0 Å². The summed E-state index contributed by atoms with van der Waals surface area (Å²) in [5.74, 6) is 0. The Morgan fingerprint density at radius 2 is 1.86 bits per heavy atom. The van der Waals surface area contributed by atoms with Crippen molar-refractivity contribution in [3.8, 4) is 0 Å². The Kier molecular flexibility index (Phi) is 15.9. The summed E-state index contributed by atoms with van der Waals surface area (Å²) in [6.07, 6.45) is 13.5. The average Bonchev–Trinajstić information content (AvgIpc) is 2.43. The molecule has 8 heteroatoms. The monoisotopic (exact) mass is 335 g/mol. The Bertz CT molecular complexity index is 415. The first-order valence-electron chi connectivity index (χ1n) is 5.96. The van der Waals surface area contributed by atoms with E-state index < -0.39 is 7.82 Å². The van der Waals surface area contributed by atoms with Crippen LogP contribution in [0.15, 0.2) is 49.1 Å². The minimum Gasteiger partial charge on any atom is -0.474 e. The molecule has 0 aromatic heterocycles. The summed E-state index contributed by atoms with van der Waals surface area (Å²) in [5, 5.41) is 2.70. The van der Waals surface area contributed by atoms with Crippen LogP contribution in [0.3, 0.4) is 0 Å². The fraction of sp³-hybridized carbons (Fsp3) is 0.308. The summed E-state index contributed by atoms with van der Waals surface area (Å²) >= 11 is 4.58. The number of nitrogens with one attached hydrogen (secondary N) is 1. The minimum atomic E-state index is -4.36. The van der Waals surface area contributed by atoms with E-state index in [2.05, 4.69) is 33.4 Å². The van der Waals surface area contributed by atoms with Crippen molar-refractivity contribution in [3.05, 3.63) is 49.1 Å². The lowest BCUT2D eigenvalue weighted by molar-refractivity contribution is 0.199. The van der Waals surface area contributed by atoms with Crippen LogP contribution in [0.1, 0.15) is 6.92 Å². The molecule has 0 spiro atoms. The van der Waals surface area contributed by atoms with Gasteiger partial charge in [0, 0.05) is 6.54 Å². The highest BCUT2D eigenvalue weighted by atomic mass is 32.1. The molecule has 21 heavy (non-hydrogen) atoms. The maximum atomic E-state index is 10.1. The van der Waals surface area contributed by atoms with Crippen LogP contribution in [0.4, 0.5) is 0 Å². The van der Waals surface area contributed by atoms with Crippen molar-refractivity contribution in [1.82, 2.24) is 5.32 Å². The van der Waals surface area contributed by atoms with Crippen molar-refractivity contribution in [1.29, 1.82) is 0 Å². The molecule has 0 fully saturated rings. The van der Waals surface area contributed by atoms with Gasteiger partial charge in [0.15, 0.2) is 0 Å². The normalized spacial score (nSPS) is 11.4. The fourth-order valence-electron chi connectivity index (χ4n) is 0.772. The lowest BCUT2D eigenvalue weighted by Gasteiger charge is -2.07. The van der Waals surface area contributed by atoms with E-state index in [1.807, 2.05) is 43.4 Å². The molecule has 0 aromatic rings. The molecule has 0 aliphatic rings. The second kappa shape index (κ2) is 15.2. The van der Waals surface area contributed by atoms with E-state index in [0.717, 1.165) is 0 Å². The highest BCUT2D eigenvalue weighted by Crippen LogP contribution is 2.34. The molecule has 0 heterocycles. The summed E-state index contributed by atoms with van der Waals surface area (Å²) in [6, 6.07) is 0. The maximum absolute atomic E-state index is 10.1. The van der Waals surface area contributed by atoms with Crippen LogP contribution in [0.2, 0.25) is 0 Å². The van der Waals surface area contributed by atoms with Gasteiger partial charge in [0.25, 0.3) is 5.17 Å². The maximum Gasteiger partial charge on any atom is 0.469 e. The Labute approximate surface area is 131 Å². The highest BCUT2D eigenvalue weighted by Gasteiger charge is 2.12. The van der Waals surface area contributed by atoms with Crippen LogP contribution in [-0.4, -0.2) is 35.2 Å². The predicted molar refractivity (Wildman–Crippen MR) is 88.9 cm³/mol. The van der Waals surface area contributed by atoms with Gasteiger partial charge in [-0.15, -0.1) is 0 Å². The first-order chi connectivity index (χ1) is 9.87. The number of phosphoric acid groups is 1. The molecule has 0 aromatic carbocycles. The Morgan fingerprint density at radius 3 is 2.33 bits per heavy atom. The van der Waals surface area contributed by atoms with Gasteiger partial charge in [-0.05, 0) is 19.1 Å². The third-order valence-corrected chi connectivity index (χ3v) is 2.42. The largest absolute Gasteiger partial charge is 0.474 e. The van der Waals surface area contributed by atoms with Crippen molar-refractivity contribution in [2.75, 3.05) is 20.3 Å². The zero-order valence-electron chi connectivity index (χ0n) is 12.1. The van der Waals surface area contributed by atoms with Crippen molar-refractivity contribution >= 4 is 25.2 Å². The van der Waals surface area contributed by atoms with Crippen molar-refractivity contribution < 1.29 is 23.6 Å². The van der Waals surface area contributed by atoms with Gasteiger partial charge in [0.2, 0.25) is 0 Å². The smallest absolute Gasteiger partial charge is 0.469 e. The summed E-state index contributed by atoms with van der Waals surface area (Å²) in [5.41, 5.74) is 0. The van der Waals surface area contributed by atoms with E-state index in [-0.39, 0.29) is 18.3 Å². The molecule has 0 radical (unpaired) electrons. The van der Waals surface area contributed by atoms with Crippen LogP contribution in [0, 0.1) is 0 Å². The van der Waals surface area contributed by atoms with Gasteiger partial charge in [-0.1, -0.05) is 49.1 Å². The second-order valence-electron chi connectivity index (χ2n) is 3.27. The Hall–Kier alpha value is -1.24. The topological polar surface area (TPSA) is 88.0 Å². The molecule has 120 valence electrons. The van der Waals surface area contributed by atoms with Gasteiger partial charge < -0.3 is 19.8 Å². The first kappa shape index (κ1) is 22.0. The molecule has 0 aliphatic carbocycles. The fourth-order valence-corrected chi connectivity index (χ4v) is 1.20. The van der Waals surface area contributed by atoms with Crippen LogP contribution < -0.4 is 5.32 Å². The summed E-state index contributed by atoms with van der Waals surface area (Å²) < 4.78 is 18.8. The van der Waals surface area contributed by atoms with Crippen LogP contribution in [-0.2, 0) is 13.8 Å². The second-order valence-corrected chi connectivity index (χ2v) is 4.88. The molecular formula is C13H22NO5PS. The third kappa shape index (κ3) is 24.2. The molecule has 0 rings (SSSR count). The lowest BCUT2D eigenvalue weighted by Crippen LogP contribution is -2.26. The molecule has 0 bridgehead atoms. The minimum absolute atomic E-state index is 0.131. The molecule has 0 amide bonds. The van der Waals surface area contributed by atoms with Gasteiger partial charge in [-0.25, -0.2) is 4.57 Å². The number of thiocarbonyl (C=S) groups is 1. The van der Waals surface area contributed by atoms with E-state index in [9.17, 15) is 4.57 Å². The van der Waals surface area contributed by atoms with Crippen LogP contribution >= 0.6 is 20.0 Å². The van der Waals surface area contributed by atoms with Crippen molar-refractivity contribution in [2.24, 2.45) is 0 Å². The van der Waals surface area contributed by atoms with E-state index in [1.54, 1.807) is 6.08 Å². The van der Waals surface area contributed by atoms with Gasteiger partial charge in [0.1, 0.15) is 0 Å². The van der Waals surface area contributed by atoms with Gasteiger partial charge in [0.05, 0.1) is 13.7 Å². The van der Waals surface area contributed by atoms with Gasteiger partial charge >= 0.3 is 7.82 Å². The van der Waals surface area contributed by atoms with Gasteiger partial charge in [-0.3, -0.25) is 4.52 Å². The van der Waals surface area contributed by atoms with E-state index >= 15 is 0 Å². The Balaban J connectivity index is 0. The Morgan fingerprint density at radius 1 is 1.29 bits per heavy atom. The first-order valence-corrected chi connectivity index (χ1v) is 7.90. The van der Waals surface area contributed by atoms with E-state index in [1.165, 1.54) is 7.11 Å². The highest BCUT2D eigenvalue weighted by molar-refractivity contribution is 7.80.